The second-order valence-corrected chi connectivity index (χ2v) is 5.24. The molecule has 0 unspecified atom stereocenters. The largest absolute Gasteiger partial charge is 0.337 e. The number of aryl methyl sites for hydroxylation is 1. The minimum atomic E-state index is -3.26. The predicted molar refractivity (Wildman–Crippen MR) is 54.1 cm³/mol. The normalized spacial score (nSPS) is 12.3. The summed E-state index contributed by atoms with van der Waals surface area (Å²) in [5.41, 5.74) is 0. The van der Waals surface area contributed by atoms with Crippen molar-refractivity contribution in [3.8, 4) is 0 Å². The topological polar surface area (TPSA) is 64.0 Å². The minimum absolute atomic E-state index is 0.0747. The van der Waals surface area contributed by atoms with Crippen LogP contribution in [0.4, 0.5) is 0 Å². The number of hydrogen-bond acceptors (Lipinski definition) is 3. The second kappa shape index (κ2) is 4.10. The van der Waals surface area contributed by atoms with E-state index in [9.17, 15) is 8.42 Å². The smallest absolute Gasteiger partial charge is 0.219 e. The molecule has 0 fully saturated rings. The van der Waals surface area contributed by atoms with E-state index in [0.29, 0.717) is 5.82 Å². The molecule has 0 radical (unpaired) electrons. The molecule has 0 amide bonds. The van der Waals surface area contributed by atoms with E-state index in [1.54, 1.807) is 37.9 Å². The van der Waals surface area contributed by atoms with E-state index >= 15 is 0 Å². The molecular weight excluding hydrogens is 202 g/mol. The quantitative estimate of drug-likeness (QED) is 0.786. The zero-order valence-corrected chi connectivity index (χ0v) is 9.37. The maximum absolute atomic E-state index is 11.5. The summed E-state index contributed by atoms with van der Waals surface area (Å²) < 4.78 is 27.2. The molecule has 0 atom stereocenters. The van der Waals surface area contributed by atoms with Crippen molar-refractivity contribution in [1.29, 1.82) is 0 Å². The summed E-state index contributed by atoms with van der Waals surface area (Å²) in [5, 5.41) is 0. The average Bonchev–Trinajstić information content (AvgIpc) is 2.32. The summed E-state index contributed by atoms with van der Waals surface area (Å²) in [5.74, 6) is 0.465. The van der Waals surface area contributed by atoms with Gasteiger partial charge in [-0.1, -0.05) is 0 Å². The maximum Gasteiger partial charge on any atom is 0.219 e. The lowest BCUT2D eigenvalue weighted by molar-refractivity contribution is 0.566. The number of sulfonamides is 1. The molecular formula is C8H15N3O2S. The SMILES string of the molecule is CC(C)NS(=O)(=O)Cc1nccn1C. The molecule has 0 saturated heterocycles. The molecule has 1 aromatic heterocycles. The van der Waals surface area contributed by atoms with E-state index in [1.807, 2.05) is 0 Å². The van der Waals surface area contributed by atoms with Gasteiger partial charge in [0.15, 0.2) is 0 Å². The minimum Gasteiger partial charge on any atom is -0.337 e. The van der Waals surface area contributed by atoms with Crippen LogP contribution in [0, 0.1) is 0 Å². The van der Waals surface area contributed by atoms with Crippen LogP contribution in [0.1, 0.15) is 19.7 Å². The predicted octanol–water partition coefficient (Wildman–Crippen LogP) is 0.248. The first-order chi connectivity index (χ1) is 6.41. The van der Waals surface area contributed by atoms with Crippen LogP contribution in [0.5, 0.6) is 0 Å². The Morgan fingerprint density at radius 3 is 2.64 bits per heavy atom. The van der Waals surface area contributed by atoms with Crippen molar-refractivity contribution >= 4 is 10.0 Å². The summed E-state index contributed by atoms with van der Waals surface area (Å²) in [6.07, 6.45) is 3.31. The lowest BCUT2D eigenvalue weighted by atomic mass is 10.4. The number of rotatable bonds is 4. The van der Waals surface area contributed by atoms with Crippen LogP contribution in [-0.4, -0.2) is 24.0 Å². The van der Waals surface area contributed by atoms with Crippen LogP contribution in [-0.2, 0) is 22.8 Å². The molecule has 0 aliphatic carbocycles. The van der Waals surface area contributed by atoms with E-state index < -0.39 is 10.0 Å². The fourth-order valence-electron chi connectivity index (χ4n) is 1.11. The highest BCUT2D eigenvalue weighted by Gasteiger charge is 2.15. The fraction of sp³-hybridized carbons (Fsp3) is 0.625. The van der Waals surface area contributed by atoms with Crippen LogP contribution < -0.4 is 4.72 Å². The lowest BCUT2D eigenvalue weighted by Gasteiger charge is -2.08. The summed E-state index contributed by atoms with van der Waals surface area (Å²) >= 11 is 0. The van der Waals surface area contributed by atoms with Gasteiger partial charge in [-0.05, 0) is 13.8 Å². The van der Waals surface area contributed by atoms with Crippen molar-refractivity contribution < 1.29 is 8.42 Å². The van der Waals surface area contributed by atoms with Gasteiger partial charge in [0.25, 0.3) is 0 Å². The van der Waals surface area contributed by atoms with E-state index in [1.165, 1.54) is 0 Å². The molecule has 1 rings (SSSR count). The third kappa shape index (κ3) is 3.12. The highest BCUT2D eigenvalue weighted by atomic mass is 32.2. The van der Waals surface area contributed by atoms with E-state index in [-0.39, 0.29) is 11.8 Å². The zero-order chi connectivity index (χ0) is 10.8. The summed E-state index contributed by atoms with van der Waals surface area (Å²) in [6.45, 7) is 3.58. The van der Waals surface area contributed by atoms with Crippen LogP contribution >= 0.6 is 0 Å². The Kier molecular flexibility index (Phi) is 3.28. The van der Waals surface area contributed by atoms with Gasteiger partial charge in [-0.15, -0.1) is 0 Å². The molecule has 0 saturated carbocycles. The molecule has 1 heterocycles. The van der Waals surface area contributed by atoms with Crippen molar-refractivity contribution in [2.75, 3.05) is 0 Å². The molecule has 6 heteroatoms. The van der Waals surface area contributed by atoms with Gasteiger partial charge >= 0.3 is 0 Å². The van der Waals surface area contributed by atoms with Crippen molar-refractivity contribution in [2.24, 2.45) is 7.05 Å². The Morgan fingerprint density at radius 1 is 1.57 bits per heavy atom. The molecule has 0 aromatic carbocycles. The second-order valence-electron chi connectivity index (χ2n) is 3.49. The highest BCUT2D eigenvalue weighted by Crippen LogP contribution is 2.01. The van der Waals surface area contributed by atoms with Gasteiger partial charge in [-0.2, -0.15) is 0 Å². The van der Waals surface area contributed by atoms with Gasteiger partial charge in [0, 0.05) is 25.5 Å². The molecule has 14 heavy (non-hydrogen) atoms. The molecule has 0 aliphatic heterocycles. The maximum atomic E-state index is 11.5. The van der Waals surface area contributed by atoms with Gasteiger partial charge in [0.2, 0.25) is 10.0 Å². The third-order valence-corrected chi connectivity index (χ3v) is 3.12. The Hall–Kier alpha value is -0.880. The molecule has 0 spiro atoms. The van der Waals surface area contributed by atoms with Crippen LogP contribution in [0.15, 0.2) is 12.4 Å². The Labute approximate surface area is 84.2 Å². The Bertz CT molecular complexity index is 394. The average molecular weight is 217 g/mol. The number of imidazole rings is 1. The third-order valence-electron chi connectivity index (χ3n) is 1.66. The molecule has 0 bridgehead atoms. The van der Waals surface area contributed by atoms with Crippen molar-refractivity contribution in [2.45, 2.75) is 25.6 Å². The first-order valence-electron chi connectivity index (χ1n) is 4.37. The molecule has 80 valence electrons. The van der Waals surface area contributed by atoms with Crippen molar-refractivity contribution in [1.82, 2.24) is 14.3 Å². The number of aromatic nitrogens is 2. The van der Waals surface area contributed by atoms with Crippen molar-refractivity contribution in [3.63, 3.8) is 0 Å². The van der Waals surface area contributed by atoms with Crippen LogP contribution in [0.25, 0.3) is 0 Å². The van der Waals surface area contributed by atoms with E-state index in [2.05, 4.69) is 9.71 Å². The number of hydrogen-bond donors (Lipinski definition) is 1. The first kappa shape index (κ1) is 11.2. The Balaban J connectivity index is 2.74. The summed E-state index contributed by atoms with van der Waals surface area (Å²) in [4.78, 5) is 3.95. The molecule has 0 aliphatic rings. The van der Waals surface area contributed by atoms with Gasteiger partial charge in [0.1, 0.15) is 11.6 Å². The lowest BCUT2D eigenvalue weighted by Crippen LogP contribution is -2.31. The Morgan fingerprint density at radius 2 is 2.21 bits per heavy atom. The van der Waals surface area contributed by atoms with Crippen LogP contribution in [0.2, 0.25) is 0 Å². The van der Waals surface area contributed by atoms with E-state index in [4.69, 9.17) is 0 Å². The van der Waals surface area contributed by atoms with Crippen LogP contribution in [0.3, 0.4) is 0 Å². The fourth-order valence-corrected chi connectivity index (χ4v) is 2.53. The number of nitrogens with zero attached hydrogens (tertiary/aromatic N) is 2. The first-order valence-corrected chi connectivity index (χ1v) is 6.02. The molecule has 1 aromatic rings. The van der Waals surface area contributed by atoms with Gasteiger partial charge in [-0.25, -0.2) is 18.1 Å². The standard InChI is InChI=1S/C8H15N3O2S/c1-7(2)10-14(12,13)6-8-9-4-5-11(8)3/h4-5,7,10H,6H2,1-3H3. The molecule has 5 nitrogen and oxygen atoms in total. The molecule has 1 N–H and O–H groups in total. The van der Waals surface area contributed by atoms with Crippen molar-refractivity contribution in [3.05, 3.63) is 18.2 Å². The summed E-state index contributed by atoms with van der Waals surface area (Å²) in [6, 6.07) is -0.0831. The van der Waals surface area contributed by atoms with Gasteiger partial charge in [-0.3, -0.25) is 0 Å². The monoisotopic (exact) mass is 217 g/mol. The number of nitrogens with one attached hydrogen (secondary N) is 1. The van der Waals surface area contributed by atoms with E-state index in [0.717, 1.165) is 0 Å². The summed E-state index contributed by atoms with van der Waals surface area (Å²) in [7, 11) is -1.49. The highest BCUT2D eigenvalue weighted by molar-refractivity contribution is 7.88. The van der Waals surface area contributed by atoms with Gasteiger partial charge in [0.05, 0.1) is 0 Å². The van der Waals surface area contributed by atoms with Gasteiger partial charge < -0.3 is 4.57 Å². The zero-order valence-electron chi connectivity index (χ0n) is 8.56.